The second kappa shape index (κ2) is 9.03. The first kappa shape index (κ1) is 21.4. The van der Waals surface area contributed by atoms with Crippen LogP contribution in [0.1, 0.15) is 38.8 Å². The van der Waals surface area contributed by atoms with Crippen LogP contribution in [0.25, 0.3) is 10.9 Å². The lowest BCUT2D eigenvalue weighted by Gasteiger charge is -2.23. The molecule has 0 bridgehead atoms. The van der Waals surface area contributed by atoms with E-state index >= 15 is 0 Å². The molecule has 0 aliphatic rings. The minimum Gasteiger partial charge on any atom is -0.444 e. The van der Waals surface area contributed by atoms with Crippen molar-refractivity contribution in [2.24, 2.45) is 0 Å². The Hall–Kier alpha value is -3.28. The maximum atomic E-state index is 13.0. The van der Waals surface area contributed by atoms with E-state index in [-0.39, 0.29) is 5.91 Å². The molecule has 0 fully saturated rings. The number of aromatic nitrogens is 1. The molecule has 0 saturated heterocycles. The lowest BCUT2D eigenvalue weighted by atomic mass is 10.0. The summed E-state index contributed by atoms with van der Waals surface area (Å²) in [4.78, 5) is 28.6. The van der Waals surface area contributed by atoms with Gasteiger partial charge in [0, 0.05) is 29.2 Å². The molecule has 30 heavy (non-hydrogen) atoms. The van der Waals surface area contributed by atoms with Crippen LogP contribution in [0, 0.1) is 0 Å². The smallest absolute Gasteiger partial charge is 0.408 e. The number of fused-ring (bicyclic) bond motifs is 1. The molecule has 6 nitrogen and oxygen atoms in total. The first-order chi connectivity index (χ1) is 14.2. The number of aryl methyl sites for hydroxylation is 1. The average Bonchev–Trinajstić information content (AvgIpc) is 3.09. The number of aromatic amines is 1. The fourth-order valence-corrected chi connectivity index (χ4v) is 3.23. The van der Waals surface area contributed by atoms with Gasteiger partial charge in [0.15, 0.2) is 0 Å². The minimum atomic E-state index is -0.787. The summed E-state index contributed by atoms with van der Waals surface area (Å²) < 4.78 is 5.37. The first-order valence-corrected chi connectivity index (χ1v) is 10.2. The Morgan fingerprint density at radius 1 is 1.07 bits per heavy atom. The van der Waals surface area contributed by atoms with Crippen molar-refractivity contribution in [3.05, 3.63) is 65.9 Å². The van der Waals surface area contributed by atoms with Gasteiger partial charge < -0.3 is 20.4 Å². The van der Waals surface area contributed by atoms with Crippen LogP contribution < -0.4 is 10.6 Å². The van der Waals surface area contributed by atoms with Crippen molar-refractivity contribution in [1.82, 2.24) is 10.3 Å². The molecule has 3 rings (SSSR count). The summed E-state index contributed by atoms with van der Waals surface area (Å²) in [6.45, 7) is 7.44. The van der Waals surface area contributed by atoms with Crippen molar-refractivity contribution in [3.8, 4) is 0 Å². The molecule has 2 amide bonds. The van der Waals surface area contributed by atoms with Crippen molar-refractivity contribution in [3.63, 3.8) is 0 Å². The van der Waals surface area contributed by atoms with Gasteiger partial charge in [0.2, 0.25) is 5.91 Å². The topological polar surface area (TPSA) is 83.2 Å². The van der Waals surface area contributed by atoms with E-state index in [2.05, 4.69) is 22.5 Å². The van der Waals surface area contributed by atoms with Crippen molar-refractivity contribution in [1.29, 1.82) is 0 Å². The molecule has 1 atom stereocenters. The molecule has 0 saturated carbocycles. The number of carbonyl (C=O) groups is 2. The van der Waals surface area contributed by atoms with E-state index in [9.17, 15) is 9.59 Å². The Kier molecular flexibility index (Phi) is 6.45. The predicted octanol–water partition coefficient (Wildman–Crippen LogP) is 4.80. The number of nitrogens with one attached hydrogen (secondary N) is 3. The van der Waals surface area contributed by atoms with Gasteiger partial charge in [-0.2, -0.15) is 0 Å². The highest BCUT2D eigenvalue weighted by Crippen LogP contribution is 2.20. The Labute approximate surface area is 177 Å². The van der Waals surface area contributed by atoms with Gasteiger partial charge in [-0.3, -0.25) is 4.79 Å². The summed E-state index contributed by atoms with van der Waals surface area (Å²) in [6, 6.07) is 14.8. The van der Waals surface area contributed by atoms with Crippen LogP contribution in [0.5, 0.6) is 0 Å². The van der Waals surface area contributed by atoms with Gasteiger partial charge in [0.1, 0.15) is 11.6 Å². The largest absolute Gasteiger partial charge is 0.444 e. The predicted molar refractivity (Wildman–Crippen MR) is 120 cm³/mol. The van der Waals surface area contributed by atoms with Crippen LogP contribution in [0.4, 0.5) is 10.5 Å². The summed E-state index contributed by atoms with van der Waals surface area (Å²) in [5.41, 5.74) is 3.16. The maximum Gasteiger partial charge on any atom is 0.408 e. The molecule has 0 aliphatic carbocycles. The lowest BCUT2D eigenvalue weighted by Crippen LogP contribution is -2.47. The van der Waals surface area contributed by atoms with E-state index in [1.807, 2.05) is 54.7 Å². The monoisotopic (exact) mass is 407 g/mol. The quantitative estimate of drug-likeness (QED) is 0.549. The number of hydrogen-bond donors (Lipinski definition) is 3. The van der Waals surface area contributed by atoms with Gasteiger partial charge in [-0.1, -0.05) is 37.3 Å². The number of benzene rings is 2. The zero-order valence-electron chi connectivity index (χ0n) is 17.9. The average molecular weight is 408 g/mol. The van der Waals surface area contributed by atoms with Gasteiger partial charge in [0.25, 0.3) is 0 Å². The number of hydrogen-bond acceptors (Lipinski definition) is 3. The Morgan fingerprint density at radius 2 is 1.77 bits per heavy atom. The zero-order chi connectivity index (χ0) is 21.7. The summed E-state index contributed by atoms with van der Waals surface area (Å²) in [5.74, 6) is -0.296. The number of rotatable bonds is 6. The third-order valence-corrected chi connectivity index (χ3v) is 4.74. The molecule has 158 valence electrons. The first-order valence-electron chi connectivity index (χ1n) is 10.2. The summed E-state index contributed by atoms with van der Waals surface area (Å²) in [5, 5.41) is 6.66. The molecule has 1 heterocycles. The number of ether oxygens (including phenoxy) is 1. The van der Waals surface area contributed by atoms with Crippen molar-refractivity contribution < 1.29 is 14.3 Å². The number of amides is 2. The molecular formula is C24H29N3O3. The van der Waals surface area contributed by atoms with E-state index in [4.69, 9.17) is 4.74 Å². The lowest BCUT2D eigenvalue weighted by molar-refractivity contribution is -0.118. The van der Waals surface area contributed by atoms with Crippen molar-refractivity contribution >= 4 is 28.6 Å². The fourth-order valence-electron chi connectivity index (χ4n) is 3.23. The number of anilines is 1. The minimum absolute atomic E-state index is 0.296. The third kappa shape index (κ3) is 5.63. The zero-order valence-corrected chi connectivity index (χ0v) is 17.9. The summed E-state index contributed by atoms with van der Waals surface area (Å²) in [6.07, 6.45) is 2.51. The summed E-state index contributed by atoms with van der Waals surface area (Å²) in [7, 11) is 0. The second-order valence-electron chi connectivity index (χ2n) is 8.30. The van der Waals surface area contributed by atoms with E-state index < -0.39 is 17.7 Å². The molecular weight excluding hydrogens is 378 g/mol. The Balaban J connectivity index is 1.80. The molecule has 1 aromatic heterocycles. The Bertz CT molecular complexity index is 1020. The molecule has 3 N–H and O–H groups in total. The molecule has 3 aromatic rings. The normalized spacial score (nSPS) is 12.4. The van der Waals surface area contributed by atoms with Crippen LogP contribution in [0.2, 0.25) is 0 Å². The number of alkyl carbamates (subject to hydrolysis) is 1. The highest BCUT2D eigenvalue weighted by Gasteiger charge is 2.25. The molecule has 0 unspecified atom stereocenters. The van der Waals surface area contributed by atoms with E-state index in [0.29, 0.717) is 12.1 Å². The highest BCUT2D eigenvalue weighted by atomic mass is 16.6. The van der Waals surface area contributed by atoms with Gasteiger partial charge in [-0.25, -0.2) is 4.79 Å². The van der Waals surface area contributed by atoms with Crippen LogP contribution in [0.15, 0.2) is 54.7 Å². The van der Waals surface area contributed by atoms with E-state index in [1.54, 1.807) is 20.8 Å². The summed E-state index contributed by atoms with van der Waals surface area (Å²) >= 11 is 0. The standard InChI is InChI=1S/C24H29N3O3/c1-5-16-10-12-18(13-11-16)26-22(28)21(27-23(29)30-24(2,3)4)14-17-15-25-20-9-7-6-8-19(17)20/h6-13,15,21,25H,5,14H2,1-4H3,(H,26,28)(H,27,29)/t21-/m1/s1. The van der Waals surface area contributed by atoms with Crippen LogP contribution >= 0.6 is 0 Å². The van der Waals surface area contributed by atoms with Crippen LogP contribution in [-0.4, -0.2) is 28.6 Å². The second-order valence-corrected chi connectivity index (χ2v) is 8.30. The van der Waals surface area contributed by atoms with Crippen molar-refractivity contribution in [2.45, 2.75) is 52.2 Å². The van der Waals surface area contributed by atoms with Gasteiger partial charge in [0.05, 0.1) is 0 Å². The van der Waals surface area contributed by atoms with E-state index in [0.717, 1.165) is 22.9 Å². The fraction of sp³-hybridized carbons (Fsp3) is 0.333. The Morgan fingerprint density at radius 3 is 2.43 bits per heavy atom. The molecule has 2 aromatic carbocycles. The highest BCUT2D eigenvalue weighted by molar-refractivity contribution is 5.97. The van der Waals surface area contributed by atoms with Crippen LogP contribution in [0.3, 0.4) is 0 Å². The van der Waals surface area contributed by atoms with Crippen LogP contribution in [-0.2, 0) is 22.4 Å². The molecule has 6 heteroatoms. The number of carbonyl (C=O) groups excluding carboxylic acids is 2. The molecule has 0 spiro atoms. The number of para-hydroxylation sites is 1. The van der Waals surface area contributed by atoms with Gasteiger partial charge >= 0.3 is 6.09 Å². The van der Waals surface area contributed by atoms with E-state index in [1.165, 1.54) is 5.56 Å². The third-order valence-electron chi connectivity index (χ3n) is 4.74. The van der Waals surface area contributed by atoms with Gasteiger partial charge in [-0.15, -0.1) is 0 Å². The molecule has 0 aliphatic heterocycles. The van der Waals surface area contributed by atoms with Gasteiger partial charge in [-0.05, 0) is 56.5 Å². The SMILES string of the molecule is CCc1ccc(NC(=O)[C@@H](Cc2c[nH]c3ccccc23)NC(=O)OC(C)(C)C)cc1. The molecule has 0 radical (unpaired) electrons. The maximum absolute atomic E-state index is 13.0. The number of H-pyrrole nitrogens is 1. The van der Waals surface area contributed by atoms with Crippen molar-refractivity contribution in [2.75, 3.05) is 5.32 Å².